The van der Waals surface area contributed by atoms with Gasteiger partial charge in [0.05, 0.1) is 34.3 Å². The third-order valence-electron chi connectivity index (χ3n) is 5.47. The Kier molecular flexibility index (Phi) is 6.03. The molecular weight excluding hydrogens is 430 g/mol. The van der Waals surface area contributed by atoms with E-state index in [1.54, 1.807) is 12.1 Å². The molecule has 176 valence electrons. The zero-order valence-electron chi connectivity index (χ0n) is 19.3. The third kappa shape index (κ3) is 4.51. The van der Waals surface area contributed by atoms with E-state index in [0.717, 1.165) is 23.3 Å². The van der Waals surface area contributed by atoms with Crippen LogP contribution in [0.15, 0.2) is 30.3 Å². The maximum Gasteiger partial charge on any atom is 0.352 e. The van der Waals surface area contributed by atoms with E-state index in [2.05, 4.69) is 4.98 Å². The summed E-state index contributed by atoms with van der Waals surface area (Å²) >= 11 is 0. The number of urea groups is 1. The Morgan fingerprint density at radius 3 is 2.70 bits per heavy atom. The Labute approximate surface area is 191 Å². The van der Waals surface area contributed by atoms with Crippen LogP contribution in [0.5, 0.6) is 17.4 Å². The fourth-order valence-corrected chi connectivity index (χ4v) is 3.96. The van der Waals surface area contributed by atoms with Crippen LogP contribution in [0.2, 0.25) is 0 Å². The minimum absolute atomic E-state index is 0.132. The Hall–Kier alpha value is -3.53. The van der Waals surface area contributed by atoms with E-state index in [1.807, 2.05) is 32.0 Å². The predicted octanol–water partition coefficient (Wildman–Crippen LogP) is 3.08. The number of carbonyl (C=O) groups is 2. The standard InChI is InChI=1S/C23H27N3O7/c1-23(2)12-14-7-6-8-15(21(14)32-23)13-25-22(28)26(19(33-25)11-20(27)31-5)17-9-16(29-3)10-18(24-17)30-4/h6-10,19H,11-13H2,1-5H3. The van der Waals surface area contributed by atoms with Gasteiger partial charge in [-0.25, -0.2) is 14.5 Å². The number of nitrogens with zero attached hydrogens (tertiary/aromatic N) is 3. The summed E-state index contributed by atoms with van der Waals surface area (Å²) in [6.45, 7) is 4.17. The molecule has 2 amide bonds. The topological polar surface area (TPSA) is 99.7 Å². The van der Waals surface area contributed by atoms with Crippen molar-refractivity contribution in [3.8, 4) is 17.4 Å². The van der Waals surface area contributed by atoms with E-state index in [-0.39, 0.29) is 30.3 Å². The van der Waals surface area contributed by atoms with Crippen LogP contribution in [-0.2, 0) is 27.3 Å². The van der Waals surface area contributed by atoms with Crippen molar-refractivity contribution in [2.24, 2.45) is 0 Å². The van der Waals surface area contributed by atoms with Gasteiger partial charge in [0.1, 0.15) is 22.9 Å². The second-order valence-electron chi connectivity index (χ2n) is 8.38. The molecule has 2 aromatic rings. The first kappa shape index (κ1) is 22.7. The summed E-state index contributed by atoms with van der Waals surface area (Å²) in [6, 6.07) is 8.51. The molecular formula is C23H27N3O7. The van der Waals surface area contributed by atoms with Gasteiger partial charge < -0.3 is 18.9 Å². The number of hydrogen-bond acceptors (Lipinski definition) is 8. The van der Waals surface area contributed by atoms with Crippen LogP contribution in [0.4, 0.5) is 10.6 Å². The number of methoxy groups -OCH3 is 3. The van der Waals surface area contributed by atoms with Gasteiger partial charge in [-0.1, -0.05) is 18.2 Å². The summed E-state index contributed by atoms with van der Waals surface area (Å²) in [5.74, 6) is 1.15. The molecule has 0 N–H and O–H groups in total. The van der Waals surface area contributed by atoms with Crippen LogP contribution in [-0.4, -0.2) is 55.2 Å². The van der Waals surface area contributed by atoms with E-state index in [0.29, 0.717) is 5.75 Å². The number of para-hydroxylation sites is 1. The van der Waals surface area contributed by atoms with Crippen molar-refractivity contribution in [1.82, 2.24) is 10.0 Å². The Bertz CT molecular complexity index is 1050. The van der Waals surface area contributed by atoms with Crippen molar-refractivity contribution in [1.29, 1.82) is 0 Å². The summed E-state index contributed by atoms with van der Waals surface area (Å²) in [7, 11) is 4.24. The fourth-order valence-electron chi connectivity index (χ4n) is 3.96. The molecule has 2 aliphatic rings. The lowest BCUT2D eigenvalue weighted by atomic mass is 10.0. The first-order chi connectivity index (χ1) is 15.7. The van der Waals surface area contributed by atoms with Crippen molar-refractivity contribution in [2.75, 3.05) is 26.2 Å². The average Bonchev–Trinajstić information content (AvgIpc) is 3.28. The quantitative estimate of drug-likeness (QED) is 0.585. The van der Waals surface area contributed by atoms with E-state index in [4.69, 9.17) is 23.8 Å². The molecule has 1 aromatic heterocycles. The molecule has 0 saturated carbocycles. The number of hydrogen-bond donors (Lipinski definition) is 0. The average molecular weight is 457 g/mol. The molecule has 0 aliphatic carbocycles. The zero-order chi connectivity index (χ0) is 23.8. The highest BCUT2D eigenvalue weighted by Gasteiger charge is 2.43. The molecule has 1 saturated heterocycles. The van der Waals surface area contributed by atoms with Crippen LogP contribution >= 0.6 is 0 Å². The maximum absolute atomic E-state index is 13.4. The van der Waals surface area contributed by atoms with Gasteiger partial charge in [0.15, 0.2) is 6.23 Å². The molecule has 2 aliphatic heterocycles. The number of fused-ring (bicyclic) bond motifs is 1. The molecule has 0 spiro atoms. The SMILES string of the molecule is COC(=O)CC1ON(Cc2cccc3c2OC(C)(C)C3)C(=O)N1c1cc(OC)cc(OC)n1. The van der Waals surface area contributed by atoms with Crippen molar-refractivity contribution in [3.05, 3.63) is 41.5 Å². The van der Waals surface area contributed by atoms with E-state index in [1.165, 1.54) is 31.3 Å². The number of ether oxygens (including phenoxy) is 4. The fraction of sp³-hybridized carbons (Fsp3) is 0.435. The van der Waals surface area contributed by atoms with Gasteiger partial charge in [-0.05, 0) is 19.4 Å². The zero-order valence-corrected chi connectivity index (χ0v) is 19.3. The van der Waals surface area contributed by atoms with Gasteiger partial charge in [-0.2, -0.15) is 10.0 Å². The number of rotatable bonds is 7. The van der Waals surface area contributed by atoms with Gasteiger partial charge in [-0.3, -0.25) is 4.79 Å². The van der Waals surface area contributed by atoms with Gasteiger partial charge >= 0.3 is 12.0 Å². The molecule has 0 bridgehead atoms. The number of anilines is 1. The van der Waals surface area contributed by atoms with Crippen LogP contribution in [0.3, 0.4) is 0 Å². The third-order valence-corrected chi connectivity index (χ3v) is 5.47. The highest BCUT2D eigenvalue weighted by Crippen LogP contribution is 2.39. The summed E-state index contributed by atoms with van der Waals surface area (Å²) < 4.78 is 21.5. The monoisotopic (exact) mass is 457 g/mol. The lowest BCUT2D eigenvalue weighted by Gasteiger charge is -2.20. The Morgan fingerprint density at radius 2 is 2.00 bits per heavy atom. The van der Waals surface area contributed by atoms with Crippen LogP contribution in [0.1, 0.15) is 31.4 Å². The second kappa shape index (κ2) is 8.78. The first-order valence-corrected chi connectivity index (χ1v) is 10.5. The highest BCUT2D eigenvalue weighted by atomic mass is 16.7. The number of amides is 2. The van der Waals surface area contributed by atoms with E-state index in [9.17, 15) is 9.59 Å². The Morgan fingerprint density at radius 1 is 1.21 bits per heavy atom. The molecule has 1 unspecified atom stereocenters. The highest BCUT2D eigenvalue weighted by molar-refractivity contribution is 5.93. The van der Waals surface area contributed by atoms with Crippen molar-refractivity contribution >= 4 is 17.8 Å². The van der Waals surface area contributed by atoms with Crippen molar-refractivity contribution in [2.45, 2.75) is 45.1 Å². The molecule has 4 rings (SSSR count). The lowest BCUT2D eigenvalue weighted by molar-refractivity contribution is -0.156. The maximum atomic E-state index is 13.4. The number of benzene rings is 1. The summed E-state index contributed by atoms with van der Waals surface area (Å²) in [5, 5.41) is 1.20. The Balaban J connectivity index is 1.66. The number of hydroxylamine groups is 2. The molecule has 1 aromatic carbocycles. The number of carbonyl (C=O) groups excluding carboxylic acids is 2. The minimum Gasteiger partial charge on any atom is -0.496 e. The molecule has 0 radical (unpaired) electrons. The molecule has 1 fully saturated rings. The lowest BCUT2D eigenvalue weighted by Crippen LogP contribution is -2.37. The van der Waals surface area contributed by atoms with Gasteiger partial charge in [0.2, 0.25) is 5.88 Å². The molecule has 3 heterocycles. The number of pyridine rings is 1. The molecule has 10 nitrogen and oxygen atoms in total. The largest absolute Gasteiger partial charge is 0.496 e. The van der Waals surface area contributed by atoms with Crippen LogP contribution < -0.4 is 19.1 Å². The predicted molar refractivity (Wildman–Crippen MR) is 117 cm³/mol. The van der Waals surface area contributed by atoms with Gasteiger partial charge in [0, 0.05) is 24.1 Å². The second-order valence-corrected chi connectivity index (χ2v) is 8.38. The van der Waals surface area contributed by atoms with Gasteiger partial charge in [0.25, 0.3) is 0 Å². The number of esters is 1. The van der Waals surface area contributed by atoms with Gasteiger partial charge in [-0.15, -0.1) is 0 Å². The molecule has 33 heavy (non-hydrogen) atoms. The minimum atomic E-state index is -0.955. The molecule has 1 atom stereocenters. The number of aromatic nitrogens is 1. The molecule has 10 heteroatoms. The van der Waals surface area contributed by atoms with Crippen molar-refractivity contribution < 1.29 is 33.4 Å². The van der Waals surface area contributed by atoms with E-state index >= 15 is 0 Å². The summed E-state index contributed by atoms with van der Waals surface area (Å²) in [4.78, 5) is 37.0. The first-order valence-electron chi connectivity index (χ1n) is 10.5. The summed E-state index contributed by atoms with van der Waals surface area (Å²) in [5.41, 5.74) is 1.56. The smallest absolute Gasteiger partial charge is 0.352 e. The summed E-state index contributed by atoms with van der Waals surface area (Å²) in [6.07, 6.45) is -0.366. The van der Waals surface area contributed by atoms with E-state index < -0.39 is 18.2 Å². The van der Waals surface area contributed by atoms with Crippen molar-refractivity contribution in [3.63, 3.8) is 0 Å². The van der Waals surface area contributed by atoms with Crippen LogP contribution in [0.25, 0.3) is 0 Å². The normalized spacial score (nSPS) is 18.7. The van der Waals surface area contributed by atoms with Crippen LogP contribution in [0, 0.1) is 0 Å².